The lowest BCUT2D eigenvalue weighted by atomic mass is 9.85. The minimum Gasteiger partial charge on any atom is -0.493 e. The molecule has 172 valence electrons. The van der Waals surface area contributed by atoms with Crippen LogP contribution in [0.25, 0.3) is 0 Å². The fourth-order valence-corrected chi connectivity index (χ4v) is 4.54. The Morgan fingerprint density at radius 1 is 0.939 bits per heavy atom. The minimum absolute atomic E-state index is 0.167. The number of hydrogen-bond donors (Lipinski definition) is 0. The number of Topliss-reactive ketones (excluding diaryl/α,β-unsaturated/α-hetero) is 1. The van der Waals surface area contributed by atoms with Crippen molar-refractivity contribution in [2.24, 2.45) is 0 Å². The Kier molecular flexibility index (Phi) is 7.83. The third kappa shape index (κ3) is 6.25. The van der Waals surface area contributed by atoms with Gasteiger partial charge in [0.1, 0.15) is 11.5 Å². The standard InChI is InChI=1S/C30H34O3/c1-3-6-23-13-16-26(17-14-23)32-20-19-30-28(31)18-15-25(21-24-11-9-22(2)10-12-24)27-7-4-5-8-29(27)33-30/h4-5,7-14,16-17,25,30H,3,6,15,18-21H2,1-2H3. The molecular weight excluding hydrogens is 408 g/mol. The van der Waals surface area contributed by atoms with Crippen LogP contribution in [0.1, 0.15) is 60.8 Å². The second-order valence-electron chi connectivity index (χ2n) is 9.07. The van der Waals surface area contributed by atoms with E-state index in [4.69, 9.17) is 9.47 Å². The van der Waals surface area contributed by atoms with Crippen LogP contribution in [0.15, 0.2) is 72.8 Å². The van der Waals surface area contributed by atoms with Crippen LogP contribution in [0.4, 0.5) is 0 Å². The second-order valence-corrected chi connectivity index (χ2v) is 9.07. The quantitative estimate of drug-likeness (QED) is 0.382. The number of benzene rings is 3. The minimum atomic E-state index is -0.467. The molecule has 2 atom stereocenters. The van der Waals surface area contributed by atoms with E-state index in [1.165, 1.54) is 22.3 Å². The highest BCUT2D eigenvalue weighted by molar-refractivity contribution is 5.83. The lowest BCUT2D eigenvalue weighted by Crippen LogP contribution is -2.31. The zero-order chi connectivity index (χ0) is 23.0. The first-order valence-electron chi connectivity index (χ1n) is 12.2. The Morgan fingerprint density at radius 3 is 2.42 bits per heavy atom. The van der Waals surface area contributed by atoms with E-state index in [0.717, 1.165) is 37.2 Å². The molecule has 0 N–H and O–H groups in total. The number of carbonyl (C=O) groups excluding carboxylic acids is 1. The smallest absolute Gasteiger partial charge is 0.173 e. The van der Waals surface area contributed by atoms with Crippen molar-refractivity contribution in [2.75, 3.05) is 6.61 Å². The van der Waals surface area contributed by atoms with Gasteiger partial charge < -0.3 is 9.47 Å². The fourth-order valence-electron chi connectivity index (χ4n) is 4.54. The van der Waals surface area contributed by atoms with Gasteiger partial charge in [0.2, 0.25) is 0 Å². The molecule has 0 saturated carbocycles. The Bertz CT molecular complexity index is 1040. The lowest BCUT2D eigenvalue weighted by Gasteiger charge is -2.27. The van der Waals surface area contributed by atoms with Gasteiger partial charge in [-0.1, -0.05) is 73.5 Å². The topological polar surface area (TPSA) is 35.5 Å². The molecule has 0 bridgehead atoms. The summed E-state index contributed by atoms with van der Waals surface area (Å²) in [4.78, 5) is 13.0. The predicted molar refractivity (Wildman–Crippen MR) is 133 cm³/mol. The number of ether oxygens (including phenoxy) is 2. The summed E-state index contributed by atoms with van der Waals surface area (Å²) in [6.07, 6.45) is 4.57. The van der Waals surface area contributed by atoms with Gasteiger partial charge in [0.15, 0.2) is 11.9 Å². The summed E-state index contributed by atoms with van der Waals surface area (Å²) >= 11 is 0. The van der Waals surface area contributed by atoms with Gasteiger partial charge in [-0.3, -0.25) is 4.79 Å². The zero-order valence-corrected chi connectivity index (χ0v) is 19.8. The highest BCUT2D eigenvalue weighted by Gasteiger charge is 2.28. The predicted octanol–water partition coefficient (Wildman–Crippen LogP) is 6.85. The van der Waals surface area contributed by atoms with Gasteiger partial charge in [-0.15, -0.1) is 0 Å². The van der Waals surface area contributed by atoms with Crippen molar-refractivity contribution < 1.29 is 14.3 Å². The molecule has 33 heavy (non-hydrogen) atoms. The largest absolute Gasteiger partial charge is 0.493 e. The molecule has 1 aliphatic heterocycles. The number of rotatable bonds is 8. The summed E-state index contributed by atoms with van der Waals surface area (Å²) in [6.45, 7) is 4.74. The SMILES string of the molecule is CCCc1ccc(OCCC2Oc3ccccc3C(Cc3ccc(C)cc3)CCC2=O)cc1. The molecule has 3 heteroatoms. The number of para-hydroxylation sites is 1. The van der Waals surface area contributed by atoms with Gasteiger partial charge in [-0.25, -0.2) is 0 Å². The van der Waals surface area contributed by atoms with Crippen LogP contribution >= 0.6 is 0 Å². The number of hydrogen-bond acceptors (Lipinski definition) is 3. The normalized spacial score (nSPS) is 18.1. The van der Waals surface area contributed by atoms with Crippen molar-refractivity contribution in [1.82, 2.24) is 0 Å². The first-order chi connectivity index (χ1) is 16.1. The molecule has 0 aromatic heterocycles. The summed E-state index contributed by atoms with van der Waals surface area (Å²) in [5, 5.41) is 0. The summed E-state index contributed by atoms with van der Waals surface area (Å²) in [6, 6.07) is 25.1. The number of carbonyl (C=O) groups is 1. The van der Waals surface area contributed by atoms with Crippen molar-refractivity contribution in [3.05, 3.63) is 95.1 Å². The fraction of sp³-hybridized carbons (Fsp3) is 0.367. The second kappa shape index (κ2) is 11.2. The third-order valence-corrected chi connectivity index (χ3v) is 6.44. The lowest BCUT2D eigenvalue weighted by molar-refractivity contribution is -0.126. The summed E-state index contributed by atoms with van der Waals surface area (Å²) in [5.74, 6) is 2.11. The van der Waals surface area contributed by atoms with E-state index < -0.39 is 6.10 Å². The van der Waals surface area contributed by atoms with Crippen LogP contribution in [-0.2, 0) is 17.6 Å². The highest BCUT2D eigenvalue weighted by Crippen LogP contribution is 2.36. The maximum atomic E-state index is 13.0. The summed E-state index contributed by atoms with van der Waals surface area (Å²) in [7, 11) is 0. The Balaban J connectivity index is 1.41. The number of fused-ring (bicyclic) bond motifs is 1. The molecule has 0 radical (unpaired) electrons. The van der Waals surface area contributed by atoms with E-state index in [-0.39, 0.29) is 11.7 Å². The van der Waals surface area contributed by atoms with E-state index in [1.807, 2.05) is 24.3 Å². The van der Waals surface area contributed by atoms with Gasteiger partial charge in [-0.2, -0.15) is 0 Å². The maximum absolute atomic E-state index is 13.0. The number of ketones is 1. The molecule has 0 fully saturated rings. The average Bonchev–Trinajstić information content (AvgIpc) is 2.83. The molecule has 2 unspecified atom stereocenters. The molecule has 0 saturated heterocycles. The first kappa shape index (κ1) is 23.1. The molecular formula is C30H34O3. The van der Waals surface area contributed by atoms with Gasteiger partial charge in [-0.05, 0) is 67.0 Å². The molecule has 1 aliphatic rings. The van der Waals surface area contributed by atoms with Crippen LogP contribution in [-0.4, -0.2) is 18.5 Å². The van der Waals surface area contributed by atoms with Gasteiger partial charge in [0.05, 0.1) is 6.61 Å². The van der Waals surface area contributed by atoms with Crippen LogP contribution < -0.4 is 9.47 Å². The van der Waals surface area contributed by atoms with Crippen molar-refractivity contribution in [3.63, 3.8) is 0 Å². The molecule has 0 aliphatic carbocycles. The number of aryl methyl sites for hydroxylation is 2. The van der Waals surface area contributed by atoms with Crippen LogP contribution in [0.5, 0.6) is 11.5 Å². The Morgan fingerprint density at radius 2 is 1.67 bits per heavy atom. The molecule has 3 nitrogen and oxygen atoms in total. The van der Waals surface area contributed by atoms with E-state index >= 15 is 0 Å². The van der Waals surface area contributed by atoms with E-state index in [9.17, 15) is 4.79 Å². The van der Waals surface area contributed by atoms with Crippen LogP contribution in [0, 0.1) is 6.92 Å². The van der Waals surface area contributed by atoms with Crippen molar-refractivity contribution in [2.45, 2.75) is 64.4 Å². The van der Waals surface area contributed by atoms with Crippen molar-refractivity contribution >= 4 is 5.78 Å². The van der Waals surface area contributed by atoms with Crippen molar-refractivity contribution in [1.29, 1.82) is 0 Å². The van der Waals surface area contributed by atoms with Crippen LogP contribution in [0.3, 0.4) is 0 Å². The monoisotopic (exact) mass is 442 g/mol. The molecule has 3 aromatic carbocycles. The zero-order valence-electron chi connectivity index (χ0n) is 19.8. The summed E-state index contributed by atoms with van der Waals surface area (Å²) < 4.78 is 12.2. The van der Waals surface area contributed by atoms with E-state index in [0.29, 0.717) is 19.4 Å². The third-order valence-electron chi connectivity index (χ3n) is 6.44. The first-order valence-corrected chi connectivity index (χ1v) is 12.2. The van der Waals surface area contributed by atoms with E-state index in [1.54, 1.807) is 0 Å². The van der Waals surface area contributed by atoms with Gasteiger partial charge >= 0.3 is 0 Å². The molecule has 0 amide bonds. The van der Waals surface area contributed by atoms with Gasteiger partial charge in [0.25, 0.3) is 0 Å². The molecule has 4 rings (SSSR count). The Labute approximate surface area is 197 Å². The molecule has 0 spiro atoms. The highest BCUT2D eigenvalue weighted by atomic mass is 16.5. The van der Waals surface area contributed by atoms with Crippen LogP contribution in [0.2, 0.25) is 0 Å². The van der Waals surface area contributed by atoms with E-state index in [2.05, 4.69) is 62.4 Å². The van der Waals surface area contributed by atoms with Gasteiger partial charge in [0, 0.05) is 12.8 Å². The maximum Gasteiger partial charge on any atom is 0.173 e. The summed E-state index contributed by atoms with van der Waals surface area (Å²) in [5.41, 5.74) is 5.07. The van der Waals surface area contributed by atoms with Crippen molar-refractivity contribution in [3.8, 4) is 11.5 Å². The average molecular weight is 443 g/mol. The Hall–Kier alpha value is -3.07. The molecule has 3 aromatic rings. The molecule has 1 heterocycles.